The first-order valence-electron chi connectivity index (χ1n) is 4.16. The van der Waals surface area contributed by atoms with Crippen LogP contribution < -0.4 is 5.32 Å². The van der Waals surface area contributed by atoms with Crippen molar-refractivity contribution in [2.24, 2.45) is 0 Å². The predicted molar refractivity (Wildman–Crippen MR) is 46.6 cm³/mol. The highest BCUT2D eigenvalue weighted by molar-refractivity contribution is 5.35. The van der Waals surface area contributed by atoms with E-state index in [1.54, 1.807) is 5.56 Å². The van der Waals surface area contributed by atoms with Crippen molar-refractivity contribution in [1.29, 1.82) is 0 Å². The van der Waals surface area contributed by atoms with Gasteiger partial charge in [0.15, 0.2) is 0 Å². The van der Waals surface area contributed by atoms with Gasteiger partial charge in [0.2, 0.25) is 0 Å². The molecule has 0 atom stereocenters. The van der Waals surface area contributed by atoms with Crippen molar-refractivity contribution in [2.75, 3.05) is 6.54 Å². The Morgan fingerprint density at radius 3 is 3.09 bits per heavy atom. The normalized spacial score (nSPS) is 16.1. The summed E-state index contributed by atoms with van der Waals surface area (Å²) >= 11 is 0. The lowest BCUT2D eigenvalue weighted by Gasteiger charge is -2.18. The van der Waals surface area contributed by atoms with Gasteiger partial charge in [0.05, 0.1) is 0 Å². The van der Waals surface area contributed by atoms with Gasteiger partial charge in [-0.05, 0) is 36.6 Å². The van der Waals surface area contributed by atoms with E-state index >= 15 is 0 Å². The van der Waals surface area contributed by atoms with E-state index in [1.807, 2.05) is 0 Å². The molecule has 0 amide bonds. The third kappa shape index (κ3) is 1.16. The van der Waals surface area contributed by atoms with Crippen molar-refractivity contribution in [3.8, 4) is 0 Å². The monoisotopic (exact) mass is 147 g/mol. The summed E-state index contributed by atoms with van der Waals surface area (Å²) in [6.07, 6.45) is 1.20. The number of rotatable bonds is 0. The van der Waals surface area contributed by atoms with Crippen molar-refractivity contribution >= 4 is 0 Å². The smallest absolute Gasteiger partial charge is 0.0208 e. The molecule has 11 heavy (non-hydrogen) atoms. The third-order valence-electron chi connectivity index (χ3n) is 2.37. The Hall–Kier alpha value is -0.820. The molecule has 1 aromatic rings. The Balaban J connectivity index is 2.49. The Bertz CT molecular complexity index is 266. The van der Waals surface area contributed by atoms with Crippen molar-refractivity contribution in [3.63, 3.8) is 0 Å². The standard InChI is InChI=1S/C10H13N/c1-8-3-2-4-9-7-11-6-5-10(8)9/h2-4,11H,5-7H2,1H3. The quantitative estimate of drug-likeness (QED) is 0.588. The average molecular weight is 147 g/mol. The summed E-state index contributed by atoms with van der Waals surface area (Å²) < 4.78 is 0. The number of aryl methyl sites for hydroxylation is 1. The highest BCUT2D eigenvalue weighted by atomic mass is 14.9. The first-order valence-corrected chi connectivity index (χ1v) is 4.16. The molecule has 58 valence electrons. The molecule has 0 aliphatic carbocycles. The lowest BCUT2D eigenvalue weighted by atomic mass is 9.97. The fourth-order valence-corrected chi connectivity index (χ4v) is 1.72. The minimum atomic E-state index is 1.05. The van der Waals surface area contributed by atoms with Gasteiger partial charge in [-0.1, -0.05) is 18.2 Å². The van der Waals surface area contributed by atoms with Crippen molar-refractivity contribution in [2.45, 2.75) is 19.9 Å². The summed E-state index contributed by atoms with van der Waals surface area (Å²) in [6, 6.07) is 6.56. The van der Waals surface area contributed by atoms with E-state index in [0.717, 1.165) is 13.1 Å². The molecule has 0 fully saturated rings. The lowest BCUT2D eigenvalue weighted by molar-refractivity contribution is 0.641. The van der Waals surface area contributed by atoms with E-state index in [4.69, 9.17) is 0 Å². The molecule has 0 saturated carbocycles. The van der Waals surface area contributed by atoms with E-state index in [1.165, 1.54) is 17.5 Å². The third-order valence-corrected chi connectivity index (χ3v) is 2.37. The van der Waals surface area contributed by atoms with Crippen LogP contribution in [0.15, 0.2) is 18.2 Å². The maximum atomic E-state index is 3.37. The maximum Gasteiger partial charge on any atom is 0.0208 e. The Kier molecular flexibility index (Phi) is 1.66. The minimum Gasteiger partial charge on any atom is -0.312 e. The fourth-order valence-electron chi connectivity index (χ4n) is 1.72. The van der Waals surface area contributed by atoms with E-state index < -0.39 is 0 Å². The molecule has 0 spiro atoms. The van der Waals surface area contributed by atoms with Gasteiger partial charge in [0.1, 0.15) is 0 Å². The van der Waals surface area contributed by atoms with E-state index in [9.17, 15) is 0 Å². The summed E-state index contributed by atoms with van der Waals surface area (Å²) in [4.78, 5) is 0. The van der Waals surface area contributed by atoms with Gasteiger partial charge in [-0.2, -0.15) is 0 Å². The second kappa shape index (κ2) is 2.67. The summed E-state index contributed by atoms with van der Waals surface area (Å²) in [6.45, 7) is 4.39. The van der Waals surface area contributed by atoms with Crippen LogP contribution in [0.1, 0.15) is 16.7 Å². The Labute approximate surface area is 67.4 Å². The van der Waals surface area contributed by atoms with E-state index in [0.29, 0.717) is 0 Å². The Morgan fingerprint density at radius 2 is 2.27 bits per heavy atom. The zero-order valence-electron chi connectivity index (χ0n) is 6.85. The minimum absolute atomic E-state index is 1.05. The summed E-state index contributed by atoms with van der Waals surface area (Å²) in [5.74, 6) is 0. The van der Waals surface area contributed by atoms with Gasteiger partial charge in [-0.25, -0.2) is 0 Å². The van der Waals surface area contributed by atoms with Crippen LogP contribution in [0.5, 0.6) is 0 Å². The predicted octanol–water partition coefficient (Wildman–Crippen LogP) is 1.64. The second-order valence-corrected chi connectivity index (χ2v) is 3.14. The molecule has 1 nitrogen and oxygen atoms in total. The van der Waals surface area contributed by atoms with Crippen LogP contribution in [0, 0.1) is 6.92 Å². The van der Waals surface area contributed by atoms with Crippen molar-refractivity contribution in [1.82, 2.24) is 5.32 Å². The van der Waals surface area contributed by atoms with Gasteiger partial charge in [-0.15, -0.1) is 0 Å². The fraction of sp³-hybridized carbons (Fsp3) is 0.400. The number of nitrogens with one attached hydrogen (secondary N) is 1. The molecule has 0 bridgehead atoms. The van der Waals surface area contributed by atoms with Crippen molar-refractivity contribution < 1.29 is 0 Å². The van der Waals surface area contributed by atoms with Gasteiger partial charge in [0.25, 0.3) is 0 Å². The topological polar surface area (TPSA) is 12.0 Å². The first kappa shape index (κ1) is 6.86. The summed E-state index contributed by atoms with van der Waals surface area (Å²) in [7, 11) is 0. The molecule has 1 heteroatoms. The number of fused-ring (bicyclic) bond motifs is 1. The zero-order chi connectivity index (χ0) is 7.68. The average Bonchev–Trinajstić information content (AvgIpc) is 2.06. The highest BCUT2D eigenvalue weighted by Crippen LogP contribution is 2.16. The highest BCUT2D eigenvalue weighted by Gasteiger charge is 2.08. The van der Waals surface area contributed by atoms with E-state index in [-0.39, 0.29) is 0 Å². The molecular weight excluding hydrogens is 134 g/mol. The van der Waals surface area contributed by atoms with Crippen LogP contribution in [-0.2, 0) is 13.0 Å². The number of benzene rings is 1. The molecule has 0 radical (unpaired) electrons. The molecule has 1 heterocycles. The van der Waals surface area contributed by atoms with Gasteiger partial charge >= 0.3 is 0 Å². The van der Waals surface area contributed by atoms with Crippen LogP contribution in [0.25, 0.3) is 0 Å². The molecule has 1 aliphatic rings. The molecule has 0 unspecified atom stereocenters. The molecule has 1 N–H and O–H groups in total. The molecule has 1 aliphatic heterocycles. The molecule has 1 aromatic carbocycles. The SMILES string of the molecule is Cc1cccc2c1CCNC2. The lowest BCUT2D eigenvalue weighted by Crippen LogP contribution is -2.24. The van der Waals surface area contributed by atoms with Crippen LogP contribution in [0.2, 0.25) is 0 Å². The molecular formula is C10H13N. The van der Waals surface area contributed by atoms with Gasteiger partial charge < -0.3 is 5.32 Å². The number of hydrogen-bond donors (Lipinski definition) is 1. The van der Waals surface area contributed by atoms with Crippen LogP contribution in [0.3, 0.4) is 0 Å². The molecule has 0 aromatic heterocycles. The van der Waals surface area contributed by atoms with E-state index in [2.05, 4.69) is 30.4 Å². The summed E-state index contributed by atoms with van der Waals surface area (Å²) in [5, 5.41) is 3.37. The largest absolute Gasteiger partial charge is 0.312 e. The second-order valence-electron chi connectivity index (χ2n) is 3.14. The Morgan fingerprint density at radius 1 is 1.36 bits per heavy atom. The molecule has 0 saturated heterocycles. The van der Waals surface area contributed by atoms with Crippen molar-refractivity contribution in [3.05, 3.63) is 34.9 Å². The van der Waals surface area contributed by atoms with Crippen LogP contribution >= 0.6 is 0 Å². The van der Waals surface area contributed by atoms with Gasteiger partial charge in [-0.3, -0.25) is 0 Å². The zero-order valence-corrected chi connectivity index (χ0v) is 6.85. The summed E-state index contributed by atoms with van der Waals surface area (Å²) in [5.41, 5.74) is 4.49. The first-order chi connectivity index (χ1) is 5.38. The van der Waals surface area contributed by atoms with Crippen LogP contribution in [-0.4, -0.2) is 6.54 Å². The number of hydrogen-bond acceptors (Lipinski definition) is 1. The van der Waals surface area contributed by atoms with Gasteiger partial charge in [0, 0.05) is 6.54 Å². The van der Waals surface area contributed by atoms with Crippen LogP contribution in [0.4, 0.5) is 0 Å². The maximum absolute atomic E-state index is 3.37. The molecule has 2 rings (SSSR count).